The summed E-state index contributed by atoms with van der Waals surface area (Å²) in [7, 11) is 0. The molecule has 3 rings (SSSR count). The third-order valence-electron chi connectivity index (χ3n) is 3.19. The summed E-state index contributed by atoms with van der Waals surface area (Å²) >= 11 is 0. The van der Waals surface area contributed by atoms with Crippen molar-refractivity contribution in [3.8, 4) is 5.75 Å². The second-order valence-electron chi connectivity index (χ2n) is 4.78. The van der Waals surface area contributed by atoms with Crippen molar-refractivity contribution in [2.75, 3.05) is 0 Å². The molecular weight excluding hydrogens is 282 g/mol. The van der Waals surface area contributed by atoms with Gasteiger partial charge in [0.1, 0.15) is 11.5 Å². The quantitative estimate of drug-likeness (QED) is 0.756. The Bertz CT molecular complexity index is 763. The molecule has 0 spiro atoms. The lowest BCUT2D eigenvalue weighted by atomic mass is 10.2. The van der Waals surface area contributed by atoms with Crippen LogP contribution < -0.4 is 5.32 Å². The van der Waals surface area contributed by atoms with Gasteiger partial charge in [-0.15, -0.1) is 0 Å². The molecule has 0 atom stereocenters. The second-order valence-corrected chi connectivity index (χ2v) is 4.78. The molecule has 6 nitrogen and oxygen atoms in total. The van der Waals surface area contributed by atoms with Gasteiger partial charge in [0, 0.05) is 24.5 Å². The van der Waals surface area contributed by atoms with Crippen molar-refractivity contribution >= 4 is 5.91 Å². The summed E-state index contributed by atoms with van der Waals surface area (Å²) in [5, 5.41) is 16.5. The van der Waals surface area contributed by atoms with Gasteiger partial charge in [-0.25, -0.2) is 0 Å². The average molecular weight is 297 g/mol. The highest BCUT2D eigenvalue weighted by molar-refractivity contribution is 5.91. The first-order valence-corrected chi connectivity index (χ1v) is 6.83. The van der Waals surface area contributed by atoms with Crippen molar-refractivity contribution in [1.82, 2.24) is 15.1 Å². The van der Waals surface area contributed by atoms with Crippen LogP contribution in [0.5, 0.6) is 5.75 Å². The van der Waals surface area contributed by atoms with E-state index in [9.17, 15) is 9.90 Å². The molecule has 0 saturated carbocycles. The Labute approximate surface area is 127 Å². The number of carbonyl (C=O) groups is 1. The highest BCUT2D eigenvalue weighted by Crippen LogP contribution is 2.15. The molecule has 2 aromatic heterocycles. The largest absolute Gasteiger partial charge is 0.508 e. The van der Waals surface area contributed by atoms with Crippen molar-refractivity contribution in [3.05, 3.63) is 71.9 Å². The number of rotatable bonds is 5. The van der Waals surface area contributed by atoms with Crippen LogP contribution in [-0.4, -0.2) is 20.8 Å². The normalized spacial score (nSPS) is 10.5. The van der Waals surface area contributed by atoms with Crippen LogP contribution in [0.25, 0.3) is 0 Å². The number of phenolic OH excluding ortho intramolecular Hbond substituents is 1. The van der Waals surface area contributed by atoms with E-state index in [1.165, 1.54) is 0 Å². The van der Waals surface area contributed by atoms with Gasteiger partial charge in [0.05, 0.1) is 6.54 Å². The molecule has 0 aliphatic heterocycles. The topological polar surface area (TPSA) is 80.3 Å². The van der Waals surface area contributed by atoms with Gasteiger partial charge in [0.25, 0.3) is 5.91 Å². The van der Waals surface area contributed by atoms with E-state index in [2.05, 4.69) is 10.4 Å². The molecular formula is C16H15N3O3. The Kier molecular flexibility index (Phi) is 3.91. The Balaban J connectivity index is 1.61. The van der Waals surface area contributed by atoms with Crippen molar-refractivity contribution in [3.63, 3.8) is 0 Å². The molecule has 2 heterocycles. The highest BCUT2D eigenvalue weighted by atomic mass is 16.4. The minimum absolute atomic E-state index is 0.154. The Morgan fingerprint density at radius 3 is 2.86 bits per heavy atom. The summed E-state index contributed by atoms with van der Waals surface area (Å²) in [5.74, 6) is 0.713. The molecule has 1 aromatic carbocycles. The molecule has 0 saturated heterocycles. The van der Waals surface area contributed by atoms with Crippen LogP contribution in [0.15, 0.2) is 59.3 Å². The Morgan fingerprint density at radius 2 is 2.09 bits per heavy atom. The van der Waals surface area contributed by atoms with Gasteiger partial charge in [0.15, 0.2) is 5.76 Å². The highest BCUT2D eigenvalue weighted by Gasteiger charge is 2.12. The maximum atomic E-state index is 12.0. The molecule has 112 valence electrons. The molecule has 2 N–H and O–H groups in total. The van der Waals surface area contributed by atoms with E-state index >= 15 is 0 Å². The smallest absolute Gasteiger partial charge is 0.287 e. The number of nitrogens with one attached hydrogen (secondary N) is 1. The van der Waals surface area contributed by atoms with Crippen LogP contribution in [0.4, 0.5) is 0 Å². The molecule has 0 unspecified atom stereocenters. The maximum absolute atomic E-state index is 12.0. The van der Waals surface area contributed by atoms with E-state index in [1.54, 1.807) is 47.3 Å². The fourth-order valence-corrected chi connectivity index (χ4v) is 2.06. The predicted octanol–water partition coefficient (Wildman–Crippen LogP) is 2.16. The van der Waals surface area contributed by atoms with Gasteiger partial charge in [-0.1, -0.05) is 18.2 Å². The van der Waals surface area contributed by atoms with E-state index in [0.29, 0.717) is 17.9 Å². The van der Waals surface area contributed by atoms with Crippen LogP contribution in [-0.2, 0) is 13.1 Å². The molecule has 0 aliphatic rings. The first kappa shape index (κ1) is 13.9. The summed E-state index contributed by atoms with van der Waals surface area (Å²) in [6.45, 7) is 0.709. The molecule has 6 heteroatoms. The molecule has 0 fully saturated rings. The summed E-state index contributed by atoms with van der Waals surface area (Å²) in [5.41, 5.74) is 0.652. The predicted molar refractivity (Wildman–Crippen MR) is 79.3 cm³/mol. The zero-order valence-corrected chi connectivity index (χ0v) is 11.8. The fourth-order valence-electron chi connectivity index (χ4n) is 2.06. The van der Waals surface area contributed by atoms with Gasteiger partial charge >= 0.3 is 0 Å². The SMILES string of the molecule is O=C(NCc1ccccc1O)c1ccc(Cn2cccn2)o1. The summed E-state index contributed by atoms with van der Waals surface area (Å²) in [4.78, 5) is 12.0. The van der Waals surface area contributed by atoms with Gasteiger partial charge in [-0.2, -0.15) is 5.10 Å². The van der Waals surface area contributed by atoms with Gasteiger partial charge < -0.3 is 14.8 Å². The lowest BCUT2D eigenvalue weighted by Crippen LogP contribution is -2.22. The first-order chi connectivity index (χ1) is 10.7. The number of benzene rings is 1. The van der Waals surface area contributed by atoms with Crippen molar-refractivity contribution in [2.45, 2.75) is 13.1 Å². The van der Waals surface area contributed by atoms with Crippen molar-refractivity contribution < 1.29 is 14.3 Å². The van der Waals surface area contributed by atoms with Crippen LogP contribution in [0.1, 0.15) is 21.9 Å². The van der Waals surface area contributed by atoms with Crippen molar-refractivity contribution in [1.29, 1.82) is 0 Å². The number of hydrogen-bond acceptors (Lipinski definition) is 4. The standard InChI is InChI=1S/C16H15N3O3/c20-14-5-2-1-4-12(14)10-17-16(21)15-7-6-13(22-15)11-19-9-3-8-18-19/h1-9,20H,10-11H2,(H,17,21). The Hall–Kier alpha value is -3.02. The van der Waals surface area contributed by atoms with Crippen LogP contribution in [0, 0.1) is 0 Å². The maximum Gasteiger partial charge on any atom is 0.287 e. The van der Waals surface area contributed by atoms with Gasteiger partial charge in [-0.3, -0.25) is 9.48 Å². The van der Waals surface area contributed by atoms with E-state index < -0.39 is 0 Å². The fraction of sp³-hybridized carbons (Fsp3) is 0.125. The minimum atomic E-state index is -0.324. The van der Waals surface area contributed by atoms with E-state index in [0.717, 1.165) is 0 Å². The molecule has 0 radical (unpaired) electrons. The van der Waals surface area contributed by atoms with E-state index in [4.69, 9.17) is 4.42 Å². The van der Waals surface area contributed by atoms with Crippen LogP contribution in [0.2, 0.25) is 0 Å². The number of furan rings is 1. The zero-order valence-electron chi connectivity index (χ0n) is 11.8. The number of para-hydroxylation sites is 1. The summed E-state index contributed by atoms with van der Waals surface area (Å²) in [6.07, 6.45) is 3.50. The zero-order chi connectivity index (χ0) is 15.4. The number of amides is 1. The molecule has 0 aliphatic carbocycles. The lowest BCUT2D eigenvalue weighted by molar-refractivity contribution is 0.0921. The number of aromatic hydroxyl groups is 1. The summed E-state index contributed by atoms with van der Waals surface area (Å²) in [6, 6.07) is 12.1. The summed E-state index contributed by atoms with van der Waals surface area (Å²) < 4.78 is 7.21. The monoisotopic (exact) mass is 297 g/mol. The number of carbonyl (C=O) groups excluding carboxylic acids is 1. The van der Waals surface area contributed by atoms with Crippen LogP contribution in [0.3, 0.4) is 0 Å². The number of nitrogens with zero attached hydrogens (tertiary/aromatic N) is 2. The number of aromatic nitrogens is 2. The van der Waals surface area contributed by atoms with Crippen LogP contribution >= 0.6 is 0 Å². The van der Waals surface area contributed by atoms with E-state index in [1.807, 2.05) is 12.3 Å². The minimum Gasteiger partial charge on any atom is -0.508 e. The van der Waals surface area contributed by atoms with Gasteiger partial charge in [0.2, 0.25) is 0 Å². The lowest BCUT2D eigenvalue weighted by Gasteiger charge is -2.05. The average Bonchev–Trinajstić information content (AvgIpc) is 3.18. The molecule has 0 bridgehead atoms. The van der Waals surface area contributed by atoms with Crippen molar-refractivity contribution in [2.24, 2.45) is 0 Å². The number of phenols is 1. The molecule has 3 aromatic rings. The first-order valence-electron chi connectivity index (χ1n) is 6.83. The van der Waals surface area contributed by atoms with E-state index in [-0.39, 0.29) is 24.0 Å². The van der Waals surface area contributed by atoms with Gasteiger partial charge in [-0.05, 0) is 24.3 Å². The third kappa shape index (κ3) is 3.17. The number of hydrogen-bond donors (Lipinski definition) is 2. The Morgan fingerprint density at radius 1 is 1.23 bits per heavy atom. The second kappa shape index (κ2) is 6.17. The molecule has 22 heavy (non-hydrogen) atoms. The molecule has 1 amide bonds. The third-order valence-corrected chi connectivity index (χ3v) is 3.19.